The second kappa shape index (κ2) is 7.16. The van der Waals surface area contributed by atoms with Crippen molar-refractivity contribution >= 4 is 39.1 Å². The lowest BCUT2D eigenvalue weighted by Gasteiger charge is -2.13. The maximum absolute atomic E-state index is 12.4. The number of benzene rings is 2. The Hall–Kier alpha value is -2.17. The summed E-state index contributed by atoms with van der Waals surface area (Å²) in [6, 6.07) is 17.4. The topological polar surface area (TPSA) is 42.0 Å². The van der Waals surface area contributed by atoms with Crippen LogP contribution in [0.5, 0.6) is 0 Å². The van der Waals surface area contributed by atoms with Crippen LogP contribution in [0.1, 0.15) is 16.1 Å². The smallest absolute Gasteiger partial charge is 0.274 e. The number of nitrogens with zero attached hydrogens (tertiary/aromatic N) is 1. The fraction of sp³-hybridized carbons (Fsp3) is 0.0526. The van der Waals surface area contributed by atoms with Crippen molar-refractivity contribution < 1.29 is 4.79 Å². The summed E-state index contributed by atoms with van der Waals surface area (Å²) in [6.07, 6.45) is 1.52. The van der Waals surface area contributed by atoms with Crippen molar-refractivity contribution in [3.05, 3.63) is 81.5 Å². The summed E-state index contributed by atoms with van der Waals surface area (Å²) in [4.78, 5) is 16.5. The Morgan fingerprint density at radius 3 is 2.58 bits per heavy atom. The predicted octanol–water partition coefficient (Wildman–Crippen LogP) is 5.73. The van der Waals surface area contributed by atoms with Crippen molar-refractivity contribution in [3.8, 4) is 11.1 Å². The van der Waals surface area contributed by atoms with Gasteiger partial charge in [-0.2, -0.15) is 0 Å². The molecule has 0 radical (unpaired) electrons. The van der Waals surface area contributed by atoms with E-state index in [1.807, 2.05) is 55.5 Å². The molecule has 5 heteroatoms. The Morgan fingerprint density at radius 1 is 1.12 bits per heavy atom. The van der Waals surface area contributed by atoms with Crippen LogP contribution in [-0.4, -0.2) is 10.9 Å². The van der Waals surface area contributed by atoms with E-state index in [0.717, 1.165) is 22.4 Å². The summed E-state index contributed by atoms with van der Waals surface area (Å²) in [5.41, 5.74) is 4.21. The number of aromatic nitrogens is 1. The highest BCUT2D eigenvalue weighted by atomic mass is 79.9. The van der Waals surface area contributed by atoms with Gasteiger partial charge in [-0.25, -0.2) is 4.98 Å². The van der Waals surface area contributed by atoms with E-state index in [1.54, 1.807) is 0 Å². The molecule has 0 spiro atoms. The van der Waals surface area contributed by atoms with Gasteiger partial charge in [0.2, 0.25) is 0 Å². The molecule has 1 aromatic heterocycles. The van der Waals surface area contributed by atoms with E-state index in [2.05, 4.69) is 26.2 Å². The molecule has 0 fully saturated rings. The molecule has 0 saturated carbocycles. The van der Waals surface area contributed by atoms with Crippen LogP contribution in [0, 0.1) is 6.92 Å². The maximum Gasteiger partial charge on any atom is 0.274 e. The molecule has 0 saturated heterocycles. The summed E-state index contributed by atoms with van der Waals surface area (Å²) in [7, 11) is 0. The number of amides is 1. The van der Waals surface area contributed by atoms with Crippen molar-refractivity contribution in [2.24, 2.45) is 0 Å². The van der Waals surface area contributed by atoms with E-state index >= 15 is 0 Å². The van der Waals surface area contributed by atoms with Crippen LogP contribution in [0.4, 0.5) is 5.69 Å². The number of anilines is 1. The molecule has 3 nitrogen and oxygen atoms in total. The highest BCUT2D eigenvalue weighted by molar-refractivity contribution is 9.10. The lowest BCUT2D eigenvalue weighted by Crippen LogP contribution is -2.14. The molecular formula is C19H14BrClN2O. The quantitative estimate of drug-likeness (QED) is 0.609. The monoisotopic (exact) mass is 400 g/mol. The van der Waals surface area contributed by atoms with Crippen molar-refractivity contribution in [1.29, 1.82) is 0 Å². The Kier molecular flexibility index (Phi) is 4.97. The molecule has 1 N–H and O–H groups in total. The molecule has 1 amide bonds. The van der Waals surface area contributed by atoms with Gasteiger partial charge in [-0.3, -0.25) is 4.79 Å². The molecule has 0 aliphatic rings. The molecule has 120 valence electrons. The van der Waals surface area contributed by atoms with Gasteiger partial charge in [0.25, 0.3) is 5.91 Å². The van der Waals surface area contributed by atoms with E-state index < -0.39 is 0 Å². The summed E-state index contributed by atoms with van der Waals surface area (Å²) >= 11 is 9.30. The second-order valence-electron chi connectivity index (χ2n) is 5.28. The van der Waals surface area contributed by atoms with Crippen molar-refractivity contribution in [3.63, 3.8) is 0 Å². The fourth-order valence-electron chi connectivity index (χ4n) is 2.43. The van der Waals surface area contributed by atoms with Crippen molar-refractivity contribution in [2.75, 3.05) is 5.32 Å². The molecule has 3 aromatic rings. The number of pyridine rings is 1. The fourth-order valence-corrected chi connectivity index (χ4v) is 2.80. The normalized spacial score (nSPS) is 10.5. The SMILES string of the molecule is Cc1c(NC(=O)c2cc(Cl)c(Br)cn2)cccc1-c1ccccc1. The van der Waals surface area contributed by atoms with Gasteiger partial charge >= 0.3 is 0 Å². The summed E-state index contributed by atoms with van der Waals surface area (Å²) in [5, 5.41) is 3.36. The van der Waals surface area contributed by atoms with E-state index in [-0.39, 0.29) is 11.6 Å². The molecule has 0 atom stereocenters. The summed E-state index contributed by atoms with van der Waals surface area (Å²) < 4.78 is 0.656. The van der Waals surface area contributed by atoms with Gasteiger partial charge in [0.15, 0.2) is 0 Å². The van der Waals surface area contributed by atoms with Crippen LogP contribution in [-0.2, 0) is 0 Å². The number of halogens is 2. The predicted molar refractivity (Wildman–Crippen MR) is 102 cm³/mol. The zero-order valence-corrected chi connectivity index (χ0v) is 15.2. The first-order chi connectivity index (χ1) is 11.6. The van der Waals surface area contributed by atoms with Gasteiger partial charge in [-0.1, -0.05) is 54.1 Å². The van der Waals surface area contributed by atoms with Gasteiger partial charge in [0.05, 0.1) is 9.50 Å². The molecule has 24 heavy (non-hydrogen) atoms. The molecule has 1 heterocycles. The third-order valence-electron chi connectivity index (χ3n) is 3.71. The second-order valence-corrected chi connectivity index (χ2v) is 6.54. The highest BCUT2D eigenvalue weighted by Gasteiger charge is 2.13. The van der Waals surface area contributed by atoms with E-state index in [4.69, 9.17) is 11.6 Å². The molecule has 3 rings (SSSR count). The van der Waals surface area contributed by atoms with Crippen LogP contribution in [0.2, 0.25) is 5.02 Å². The van der Waals surface area contributed by atoms with Crippen LogP contribution < -0.4 is 5.32 Å². The Morgan fingerprint density at radius 2 is 1.88 bits per heavy atom. The molecular weight excluding hydrogens is 388 g/mol. The lowest BCUT2D eigenvalue weighted by atomic mass is 9.99. The minimum atomic E-state index is -0.294. The number of hydrogen-bond acceptors (Lipinski definition) is 2. The zero-order valence-electron chi connectivity index (χ0n) is 12.9. The Labute approximate surface area is 153 Å². The zero-order chi connectivity index (χ0) is 17.1. The molecule has 0 aliphatic heterocycles. The van der Waals surface area contributed by atoms with Crippen LogP contribution in [0.25, 0.3) is 11.1 Å². The third-order valence-corrected chi connectivity index (χ3v) is 4.88. The largest absolute Gasteiger partial charge is 0.320 e. The molecule has 0 aliphatic carbocycles. The first-order valence-corrected chi connectivity index (χ1v) is 8.51. The number of hydrogen-bond donors (Lipinski definition) is 1. The van der Waals surface area contributed by atoms with Gasteiger partial charge in [0, 0.05) is 11.9 Å². The van der Waals surface area contributed by atoms with E-state index in [1.165, 1.54) is 12.3 Å². The average molecular weight is 402 g/mol. The Bertz CT molecular complexity index is 897. The number of carbonyl (C=O) groups is 1. The third kappa shape index (κ3) is 3.50. The minimum absolute atomic E-state index is 0.271. The number of carbonyl (C=O) groups excluding carboxylic acids is 1. The highest BCUT2D eigenvalue weighted by Crippen LogP contribution is 2.29. The van der Waals surface area contributed by atoms with Gasteiger partial charge in [-0.15, -0.1) is 0 Å². The van der Waals surface area contributed by atoms with Gasteiger partial charge in [0.1, 0.15) is 5.69 Å². The molecule has 0 unspecified atom stereocenters. The number of nitrogens with one attached hydrogen (secondary N) is 1. The summed E-state index contributed by atoms with van der Waals surface area (Å²) in [6.45, 7) is 1.99. The first-order valence-electron chi connectivity index (χ1n) is 7.33. The van der Waals surface area contributed by atoms with Gasteiger partial charge in [-0.05, 0) is 51.7 Å². The van der Waals surface area contributed by atoms with Crippen molar-refractivity contribution in [1.82, 2.24) is 4.98 Å². The van der Waals surface area contributed by atoms with Crippen LogP contribution in [0.15, 0.2) is 65.3 Å². The lowest BCUT2D eigenvalue weighted by molar-refractivity contribution is 0.102. The molecule has 0 bridgehead atoms. The van der Waals surface area contributed by atoms with Gasteiger partial charge < -0.3 is 5.32 Å². The van der Waals surface area contributed by atoms with Crippen molar-refractivity contribution in [2.45, 2.75) is 6.92 Å². The van der Waals surface area contributed by atoms with E-state index in [0.29, 0.717) is 9.50 Å². The van der Waals surface area contributed by atoms with Crippen LogP contribution in [0.3, 0.4) is 0 Å². The number of rotatable bonds is 3. The van der Waals surface area contributed by atoms with Crippen LogP contribution >= 0.6 is 27.5 Å². The molecule has 2 aromatic carbocycles. The average Bonchev–Trinajstić information content (AvgIpc) is 2.60. The standard InChI is InChI=1S/C19H14BrClN2O/c1-12-14(13-6-3-2-4-7-13)8-5-9-17(12)23-19(24)18-10-16(21)15(20)11-22-18/h2-11H,1H3,(H,23,24). The minimum Gasteiger partial charge on any atom is -0.320 e. The maximum atomic E-state index is 12.4. The summed E-state index contributed by atoms with van der Waals surface area (Å²) in [5.74, 6) is -0.294. The first kappa shape index (κ1) is 16.7. The van der Waals surface area contributed by atoms with E-state index in [9.17, 15) is 4.79 Å². The Balaban J connectivity index is 1.90.